The fourth-order valence-electron chi connectivity index (χ4n) is 2.50. The molecule has 0 spiro atoms. The molecule has 2 rings (SSSR count). The Morgan fingerprint density at radius 2 is 1.88 bits per heavy atom. The molecule has 26 heavy (non-hydrogen) atoms. The number of ether oxygens (including phenoxy) is 1. The Morgan fingerprint density at radius 3 is 2.38 bits per heavy atom. The lowest BCUT2D eigenvalue weighted by molar-refractivity contribution is 0.0287. The predicted octanol–water partition coefficient (Wildman–Crippen LogP) is 1.67. The summed E-state index contributed by atoms with van der Waals surface area (Å²) in [5.74, 6) is -0.377. The third-order valence-corrected chi connectivity index (χ3v) is 5.41. The third kappa shape index (κ3) is 6.11. The van der Waals surface area contributed by atoms with Crippen LogP contribution in [0.4, 0.5) is 4.79 Å². The molecular weight excluding hydrogens is 402 g/mol. The molecule has 0 aliphatic carbocycles. The second-order valence-corrected chi connectivity index (χ2v) is 10.6. The Labute approximate surface area is 161 Å². The number of rotatable bonds is 4. The van der Waals surface area contributed by atoms with Gasteiger partial charge in [0.25, 0.3) is 5.91 Å². The standard InChI is InChI=1S/C15H22ClN3O5S2/c1-15(2,3)24-14(21)19-7-9(10(8-19)18-26(4,22)23)17-13(20)11-5-6-12(16)25-11/h5-6,9-10,18H,7-8H2,1-4H3,(H,17,20)/t9?,10-/m0/s1. The van der Waals surface area contributed by atoms with Crippen molar-refractivity contribution in [3.8, 4) is 0 Å². The molecule has 2 N–H and O–H groups in total. The minimum absolute atomic E-state index is 0.0954. The van der Waals surface area contributed by atoms with Gasteiger partial charge < -0.3 is 15.0 Å². The fraction of sp³-hybridized carbons (Fsp3) is 0.600. The van der Waals surface area contributed by atoms with Crippen molar-refractivity contribution in [2.24, 2.45) is 0 Å². The van der Waals surface area contributed by atoms with Gasteiger partial charge in [-0.3, -0.25) is 4.79 Å². The molecule has 1 aromatic rings. The topological polar surface area (TPSA) is 105 Å². The number of carbonyl (C=O) groups excluding carboxylic acids is 2. The minimum Gasteiger partial charge on any atom is -0.444 e. The smallest absolute Gasteiger partial charge is 0.410 e. The van der Waals surface area contributed by atoms with Crippen LogP contribution in [0.2, 0.25) is 4.34 Å². The van der Waals surface area contributed by atoms with Crippen molar-refractivity contribution < 1.29 is 22.7 Å². The highest BCUT2D eigenvalue weighted by atomic mass is 35.5. The van der Waals surface area contributed by atoms with Crippen molar-refractivity contribution in [1.82, 2.24) is 14.9 Å². The molecule has 146 valence electrons. The molecule has 1 saturated heterocycles. The monoisotopic (exact) mass is 423 g/mol. The Hall–Kier alpha value is -1.36. The third-order valence-electron chi connectivity index (χ3n) is 3.45. The first-order valence-electron chi connectivity index (χ1n) is 7.85. The lowest BCUT2D eigenvalue weighted by Crippen LogP contribution is -2.50. The molecule has 0 radical (unpaired) electrons. The van der Waals surface area contributed by atoms with Gasteiger partial charge in [0.05, 0.1) is 27.6 Å². The Morgan fingerprint density at radius 1 is 1.27 bits per heavy atom. The van der Waals surface area contributed by atoms with Gasteiger partial charge in [0, 0.05) is 13.1 Å². The minimum atomic E-state index is -3.52. The van der Waals surface area contributed by atoms with E-state index in [1.165, 1.54) is 4.90 Å². The molecular formula is C15H22ClN3O5S2. The number of nitrogens with zero attached hydrogens (tertiary/aromatic N) is 1. The summed E-state index contributed by atoms with van der Waals surface area (Å²) < 4.78 is 31.5. The highest BCUT2D eigenvalue weighted by Gasteiger charge is 2.39. The number of halogens is 1. The van der Waals surface area contributed by atoms with Crippen LogP contribution < -0.4 is 10.0 Å². The van der Waals surface area contributed by atoms with Crippen LogP contribution in [0.15, 0.2) is 12.1 Å². The molecule has 1 aromatic heterocycles. The lowest BCUT2D eigenvalue weighted by Gasteiger charge is -2.24. The molecule has 0 bridgehead atoms. The molecule has 2 atom stereocenters. The van der Waals surface area contributed by atoms with Gasteiger partial charge in [-0.15, -0.1) is 11.3 Å². The van der Waals surface area contributed by atoms with Gasteiger partial charge in [-0.2, -0.15) is 0 Å². The summed E-state index contributed by atoms with van der Waals surface area (Å²) in [6.07, 6.45) is 0.467. The zero-order valence-corrected chi connectivity index (χ0v) is 17.3. The van der Waals surface area contributed by atoms with Crippen molar-refractivity contribution in [2.75, 3.05) is 19.3 Å². The number of sulfonamides is 1. The van der Waals surface area contributed by atoms with Crippen molar-refractivity contribution in [1.29, 1.82) is 0 Å². The van der Waals surface area contributed by atoms with Crippen LogP contribution in [-0.2, 0) is 14.8 Å². The Kier molecular flexibility index (Phi) is 6.21. The van der Waals surface area contributed by atoms with Crippen molar-refractivity contribution in [3.63, 3.8) is 0 Å². The van der Waals surface area contributed by atoms with Gasteiger partial charge in [0.15, 0.2) is 0 Å². The van der Waals surface area contributed by atoms with Crippen LogP contribution in [0.5, 0.6) is 0 Å². The lowest BCUT2D eigenvalue weighted by atomic mass is 10.2. The SMILES string of the molecule is CC(C)(C)OC(=O)N1CC(NC(=O)c2ccc(Cl)s2)[C@@H](NS(C)(=O)=O)C1. The average molecular weight is 424 g/mol. The molecule has 11 heteroatoms. The summed E-state index contributed by atoms with van der Waals surface area (Å²) >= 11 is 6.96. The van der Waals surface area contributed by atoms with Crippen LogP contribution in [0.25, 0.3) is 0 Å². The van der Waals surface area contributed by atoms with Crippen LogP contribution in [0.1, 0.15) is 30.4 Å². The summed E-state index contributed by atoms with van der Waals surface area (Å²) in [5, 5.41) is 2.77. The molecule has 2 heterocycles. The van der Waals surface area contributed by atoms with E-state index in [-0.39, 0.29) is 19.0 Å². The number of likely N-dealkylation sites (tertiary alicyclic amines) is 1. The zero-order valence-electron chi connectivity index (χ0n) is 14.9. The number of hydrogen-bond donors (Lipinski definition) is 2. The van der Waals surface area contributed by atoms with E-state index in [0.29, 0.717) is 9.21 Å². The maximum Gasteiger partial charge on any atom is 0.410 e. The Bertz CT molecular complexity index is 787. The highest BCUT2D eigenvalue weighted by molar-refractivity contribution is 7.88. The van der Waals surface area contributed by atoms with E-state index in [2.05, 4.69) is 10.0 Å². The Balaban J connectivity index is 2.12. The van der Waals surface area contributed by atoms with Gasteiger partial charge in [-0.25, -0.2) is 17.9 Å². The summed E-state index contributed by atoms with van der Waals surface area (Å²) in [6, 6.07) is 1.94. The highest BCUT2D eigenvalue weighted by Crippen LogP contribution is 2.22. The van der Waals surface area contributed by atoms with E-state index in [9.17, 15) is 18.0 Å². The number of hydrogen-bond acceptors (Lipinski definition) is 6. The van der Waals surface area contributed by atoms with E-state index in [4.69, 9.17) is 16.3 Å². The summed E-state index contributed by atoms with van der Waals surface area (Å²) in [5.41, 5.74) is -0.675. The number of carbonyl (C=O) groups is 2. The quantitative estimate of drug-likeness (QED) is 0.766. The maximum absolute atomic E-state index is 12.4. The first-order valence-corrected chi connectivity index (χ1v) is 10.9. The summed E-state index contributed by atoms with van der Waals surface area (Å²) in [7, 11) is -3.52. The molecule has 2 amide bonds. The number of amides is 2. The number of nitrogens with one attached hydrogen (secondary N) is 2. The van der Waals surface area contributed by atoms with Crippen molar-refractivity contribution in [3.05, 3.63) is 21.3 Å². The summed E-state index contributed by atoms with van der Waals surface area (Å²) in [4.78, 5) is 26.4. The van der Waals surface area contributed by atoms with E-state index in [1.807, 2.05) is 0 Å². The van der Waals surface area contributed by atoms with E-state index >= 15 is 0 Å². The van der Waals surface area contributed by atoms with Gasteiger partial charge in [0.1, 0.15) is 5.60 Å². The van der Waals surface area contributed by atoms with Crippen LogP contribution in [0, 0.1) is 0 Å². The number of thiophene rings is 1. The summed E-state index contributed by atoms with van der Waals surface area (Å²) in [6.45, 7) is 5.46. The van der Waals surface area contributed by atoms with Gasteiger partial charge in [-0.05, 0) is 32.9 Å². The average Bonchev–Trinajstić information content (AvgIpc) is 3.02. The molecule has 0 saturated carbocycles. The van der Waals surface area contributed by atoms with Crippen LogP contribution in [-0.4, -0.2) is 62.3 Å². The van der Waals surface area contributed by atoms with E-state index < -0.39 is 33.8 Å². The second-order valence-electron chi connectivity index (χ2n) is 7.07. The first kappa shape index (κ1) is 20.9. The zero-order chi connectivity index (χ0) is 19.7. The predicted molar refractivity (Wildman–Crippen MR) is 100 cm³/mol. The van der Waals surface area contributed by atoms with Gasteiger partial charge in [0.2, 0.25) is 10.0 Å². The van der Waals surface area contributed by atoms with Gasteiger partial charge >= 0.3 is 6.09 Å². The largest absolute Gasteiger partial charge is 0.444 e. The molecule has 1 aliphatic rings. The molecule has 0 aromatic carbocycles. The van der Waals surface area contributed by atoms with Crippen molar-refractivity contribution >= 4 is 45.0 Å². The van der Waals surface area contributed by atoms with Crippen LogP contribution >= 0.6 is 22.9 Å². The fourth-order valence-corrected chi connectivity index (χ4v) is 4.23. The van der Waals surface area contributed by atoms with E-state index in [1.54, 1.807) is 32.9 Å². The van der Waals surface area contributed by atoms with Crippen molar-refractivity contribution in [2.45, 2.75) is 38.5 Å². The molecule has 1 unspecified atom stereocenters. The van der Waals surface area contributed by atoms with Crippen LogP contribution in [0.3, 0.4) is 0 Å². The maximum atomic E-state index is 12.4. The molecule has 1 fully saturated rings. The van der Waals surface area contributed by atoms with E-state index in [0.717, 1.165) is 17.6 Å². The first-order chi connectivity index (χ1) is 11.8. The van der Waals surface area contributed by atoms with Gasteiger partial charge in [-0.1, -0.05) is 11.6 Å². The second kappa shape index (κ2) is 7.71. The molecule has 8 nitrogen and oxygen atoms in total. The normalized spacial score (nSPS) is 20.9. The molecule has 1 aliphatic heterocycles.